The number of rotatable bonds is 5. The molecule has 0 radical (unpaired) electrons. The van der Waals surface area contributed by atoms with Gasteiger partial charge in [-0.3, -0.25) is 0 Å². The predicted octanol–water partition coefficient (Wildman–Crippen LogP) is 0.133. The maximum Gasteiger partial charge on any atom is 0.200 e. The monoisotopic (exact) mass is 334 g/mol. The molecule has 2 aliphatic heterocycles. The molecule has 9 atom stereocenters. The summed E-state index contributed by atoms with van der Waals surface area (Å²) in [6.45, 7) is 7.35. The molecule has 7 nitrogen and oxygen atoms in total. The van der Waals surface area contributed by atoms with Crippen LogP contribution in [0.2, 0.25) is 0 Å². The van der Waals surface area contributed by atoms with Crippen molar-refractivity contribution in [1.29, 1.82) is 0 Å². The first-order valence-corrected chi connectivity index (χ1v) is 8.54. The van der Waals surface area contributed by atoms with Gasteiger partial charge in [0.25, 0.3) is 0 Å². The summed E-state index contributed by atoms with van der Waals surface area (Å²) < 4.78 is 17.3. The molecule has 2 heterocycles. The third-order valence-corrected chi connectivity index (χ3v) is 5.18. The summed E-state index contributed by atoms with van der Waals surface area (Å²) in [5, 5.41) is 40.9. The number of aliphatic hydroxyl groups is 4. The van der Waals surface area contributed by atoms with Gasteiger partial charge in [0.05, 0.1) is 18.3 Å². The lowest BCUT2D eigenvalue weighted by Crippen LogP contribution is -2.58. The molecular formula is C16H30O7. The van der Waals surface area contributed by atoms with Crippen molar-refractivity contribution < 1.29 is 34.6 Å². The summed E-state index contributed by atoms with van der Waals surface area (Å²) in [7, 11) is 0. The van der Waals surface area contributed by atoms with Gasteiger partial charge < -0.3 is 34.6 Å². The smallest absolute Gasteiger partial charge is 0.200 e. The molecule has 2 fully saturated rings. The molecule has 0 aromatic carbocycles. The van der Waals surface area contributed by atoms with E-state index in [2.05, 4.69) is 0 Å². The largest absolute Gasteiger partial charge is 0.390 e. The summed E-state index contributed by atoms with van der Waals surface area (Å²) in [5.41, 5.74) is 0. The zero-order valence-corrected chi connectivity index (χ0v) is 14.3. The lowest BCUT2D eigenvalue weighted by molar-refractivity contribution is -0.372. The van der Waals surface area contributed by atoms with Crippen LogP contribution in [0.3, 0.4) is 0 Å². The fourth-order valence-electron chi connectivity index (χ4n) is 3.49. The van der Waals surface area contributed by atoms with Crippen LogP contribution in [-0.4, -0.2) is 69.1 Å². The lowest BCUT2D eigenvalue weighted by atomic mass is 9.89. The Hall–Kier alpha value is -0.280. The zero-order valence-electron chi connectivity index (χ0n) is 14.3. The SMILES string of the molecule is CCC1OC(OC2(CC)OC(CC)C(O)C2O)C(O)C(O)C1C. The first kappa shape index (κ1) is 19.1. The van der Waals surface area contributed by atoms with Gasteiger partial charge in [-0.15, -0.1) is 0 Å². The van der Waals surface area contributed by atoms with Crippen LogP contribution in [0.1, 0.15) is 47.0 Å². The normalized spacial score (nSPS) is 51.1. The van der Waals surface area contributed by atoms with Gasteiger partial charge >= 0.3 is 0 Å². The second-order valence-electron chi connectivity index (χ2n) is 6.57. The number of hydrogen-bond donors (Lipinski definition) is 4. The average molecular weight is 334 g/mol. The number of hydrogen-bond acceptors (Lipinski definition) is 7. The van der Waals surface area contributed by atoms with Crippen LogP contribution in [0.15, 0.2) is 0 Å². The van der Waals surface area contributed by atoms with Gasteiger partial charge in [-0.1, -0.05) is 27.7 Å². The van der Waals surface area contributed by atoms with Crippen LogP contribution >= 0.6 is 0 Å². The standard InChI is InChI=1S/C16H30O7/c1-5-9-8(4)11(17)13(19)15(21-9)23-16(7-3)14(20)12(18)10(6-2)22-16/h8-15,17-20H,5-7H2,1-4H3. The number of aliphatic hydroxyl groups excluding tert-OH is 4. The lowest BCUT2D eigenvalue weighted by Gasteiger charge is -2.44. The molecule has 0 aliphatic carbocycles. The minimum atomic E-state index is -1.45. The van der Waals surface area contributed by atoms with Gasteiger partial charge in [0.15, 0.2) is 12.1 Å². The van der Waals surface area contributed by atoms with Crippen LogP contribution in [-0.2, 0) is 14.2 Å². The molecule has 7 heteroatoms. The van der Waals surface area contributed by atoms with Crippen LogP contribution in [0.5, 0.6) is 0 Å². The van der Waals surface area contributed by atoms with E-state index < -0.39 is 42.6 Å². The maximum atomic E-state index is 10.4. The zero-order chi connectivity index (χ0) is 17.4. The highest BCUT2D eigenvalue weighted by atomic mass is 16.8. The molecule has 4 N–H and O–H groups in total. The minimum Gasteiger partial charge on any atom is -0.390 e. The van der Waals surface area contributed by atoms with E-state index in [0.717, 1.165) is 0 Å². The Labute approximate surface area is 137 Å². The summed E-state index contributed by atoms with van der Waals surface area (Å²) >= 11 is 0. The van der Waals surface area contributed by atoms with Crippen molar-refractivity contribution in [3.05, 3.63) is 0 Å². The van der Waals surface area contributed by atoms with Crippen molar-refractivity contribution in [2.45, 2.75) is 95.7 Å². The maximum absolute atomic E-state index is 10.4. The molecule has 0 aromatic rings. The Bertz CT molecular complexity index is 391. The molecule has 0 aromatic heterocycles. The van der Waals surface area contributed by atoms with Gasteiger partial charge in [-0.05, 0) is 12.8 Å². The van der Waals surface area contributed by atoms with E-state index in [-0.39, 0.29) is 18.4 Å². The second-order valence-corrected chi connectivity index (χ2v) is 6.57. The van der Waals surface area contributed by atoms with Crippen LogP contribution in [0.4, 0.5) is 0 Å². The third kappa shape index (κ3) is 3.28. The Kier molecular flexibility index (Phi) is 6.05. The van der Waals surface area contributed by atoms with Gasteiger partial charge in [-0.2, -0.15) is 0 Å². The van der Waals surface area contributed by atoms with Crippen molar-refractivity contribution in [3.63, 3.8) is 0 Å². The van der Waals surface area contributed by atoms with Crippen molar-refractivity contribution in [1.82, 2.24) is 0 Å². The van der Waals surface area contributed by atoms with Crippen LogP contribution in [0, 0.1) is 5.92 Å². The Morgan fingerprint density at radius 3 is 2.00 bits per heavy atom. The molecule has 0 spiro atoms. The topological polar surface area (TPSA) is 109 Å². The summed E-state index contributed by atoms with van der Waals surface area (Å²) in [6, 6.07) is 0. The molecule has 2 saturated heterocycles. The second kappa shape index (κ2) is 7.31. The van der Waals surface area contributed by atoms with Crippen molar-refractivity contribution in [2.24, 2.45) is 5.92 Å². The molecule has 23 heavy (non-hydrogen) atoms. The molecule has 136 valence electrons. The van der Waals surface area contributed by atoms with E-state index in [1.807, 2.05) is 20.8 Å². The molecule has 9 unspecified atom stereocenters. The average Bonchev–Trinajstić information content (AvgIpc) is 2.80. The highest BCUT2D eigenvalue weighted by molar-refractivity contribution is 4.97. The number of ether oxygens (including phenoxy) is 3. The van der Waals surface area contributed by atoms with Crippen LogP contribution < -0.4 is 0 Å². The van der Waals surface area contributed by atoms with Gasteiger partial charge in [0.2, 0.25) is 0 Å². The predicted molar refractivity (Wildman–Crippen MR) is 81.4 cm³/mol. The van der Waals surface area contributed by atoms with E-state index in [1.54, 1.807) is 6.92 Å². The fourth-order valence-corrected chi connectivity index (χ4v) is 3.49. The third-order valence-electron chi connectivity index (χ3n) is 5.18. The first-order valence-electron chi connectivity index (χ1n) is 8.54. The Morgan fingerprint density at radius 1 is 0.913 bits per heavy atom. The first-order chi connectivity index (χ1) is 10.8. The van der Waals surface area contributed by atoms with Gasteiger partial charge in [0, 0.05) is 12.3 Å². The van der Waals surface area contributed by atoms with Gasteiger partial charge in [0.1, 0.15) is 18.3 Å². The highest BCUT2D eigenvalue weighted by Crippen LogP contribution is 2.40. The molecule has 0 amide bonds. The van der Waals surface area contributed by atoms with E-state index in [0.29, 0.717) is 12.8 Å². The summed E-state index contributed by atoms with van der Waals surface area (Å²) in [6.07, 6.45) is -5.02. The minimum absolute atomic E-state index is 0.226. The van der Waals surface area contributed by atoms with E-state index >= 15 is 0 Å². The van der Waals surface area contributed by atoms with E-state index in [4.69, 9.17) is 14.2 Å². The van der Waals surface area contributed by atoms with E-state index in [1.165, 1.54) is 0 Å². The van der Waals surface area contributed by atoms with Crippen molar-refractivity contribution >= 4 is 0 Å². The van der Waals surface area contributed by atoms with Gasteiger partial charge in [-0.25, -0.2) is 0 Å². The quantitative estimate of drug-likeness (QED) is 0.566. The Morgan fingerprint density at radius 2 is 1.52 bits per heavy atom. The summed E-state index contributed by atoms with van der Waals surface area (Å²) in [5.74, 6) is -1.68. The van der Waals surface area contributed by atoms with Crippen molar-refractivity contribution in [2.75, 3.05) is 0 Å². The van der Waals surface area contributed by atoms with Crippen molar-refractivity contribution in [3.8, 4) is 0 Å². The highest BCUT2D eigenvalue weighted by Gasteiger charge is 2.56. The summed E-state index contributed by atoms with van der Waals surface area (Å²) in [4.78, 5) is 0. The van der Waals surface area contributed by atoms with Crippen LogP contribution in [0.25, 0.3) is 0 Å². The fraction of sp³-hybridized carbons (Fsp3) is 1.00. The van der Waals surface area contributed by atoms with E-state index in [9.17, 15) is 20.4 Å². The Balaban J connectivity index is 2.18. The molecule has 2 rings (SSSR count). The molecule has 0 bridgehead atoms. The molecule has 2 aliphatic rings. The molecular weight excluding hydrogens is 304 g/mol. The molecule has 0 saturated carbocycles.